The Morgan fingerprint density at radius 3 is 2.03 bits per heavy atom. The van der Waals surface area contributed by atoms with Crippen molar-refractivity contribution in [3.05, 3.63) is 24.0 Å². The first kappa shape index (κ1) is 34.0. The summed E-state index contributed by atoms with van der Waals surface area (Å²) in [6, 6.07) is 4.09. The number of likely N-dealkylation sites (tertiary alicyclic amines) is 1. The Balaban J connectivity index is 0.000000646. The number of benzene rings is 1. The second-order valence-corrected chi connectivity index (χ2v) is 11.9. The van der Waals surface area contributed by atoms with Gasteiger partial charge >= 0.3 is 18.0 Å². The van der Waals surface area contributed by atoms with Crippen LogP contribution in [-0.2, 0) is 24.2 Å². The minimum Gasteiger partial charge on any atom is -0.492 e. The van der Waals surface area contributed by atoms with Crippen LogP contribution in [0.3, 0.4) is 0 Å². The molecule has 0 saturated carbocycles. The van der Waals surface area contributed by atoms with E-state index in [-0.39, 0.29) is 11.0 Å². The number of carbonyl (C=O) groups excluding carboxylic acids is 1. The van der Waals surface area contributed by atoms with Crippen LogP contribution in [0.15, 0.2) is 23.1 Å². The van der Waals surface area contributed by atoms with Crippen LogP contribution in [0.25, 0.3) is 0 Å². The van der Waals surface area contributed by atoms with E-state index in [1.54, 1.807) is 4.90 Å². The average Bonchev–Trinajstić information content (AvgIpc) is 2.81. The highest BCUT2D eigenvalue weighted by atomic mass is 32.2. The summed E-state index contributed by atoms with van der Waals surface area (Å²) < 4.78 is 47.8. The van der Waals surface area contributed by atoms with E-state index >= 15 is 0 Å². The lowest BCUT2D eigenvalue weighted by atomic mass is 10.0. The number of carboxylic acids is 2. The van der Waals surface area contributed by atoms with E-state index in [1.807, 2.05) is 27.8 Å². The summed E-state index contributed by atoms with van der Waals surface area (Å²) in [6.45, 7) is 7.82. The van der Waals surface area contributed by atoms with Crippen LogP contribution in [-0.4, -0.2) is 120 Å². The molecule has 2 atom stereocenters. The average molecular weight is 581 g/mol. The van der Waals surface area contributed by atoms with Gasteiger partial charge in [0.1, 0.15) is 28.7 Å². The molecule has 222 valence electrons. The van der Waals surface area contributed by atoms with E-state index in [9.17, 15) is 27.2 Å². The van der Waals surface area contributed by atoms with Gasteiger partial charge in [-0.15, -0.1) is 0 Å². The number of aliphatic carboxylic acids is 2. The van der Waals surface area contributed by atoms with E-state index < -0.39 is 45.4 Å². The number of piperidine rings is 1. The third-order valence-corrected chi connectivity index (χ3v) is 6.69. The predicted molar refractivity (Wildman–Crippen MR) is 136 cm³/mol. The van der Waals surface area contributed by atoms with E-state index in [0.717, 1.165) is 25.2 Å². The lowest BCUT2D eigenvalue weighted by Crippen LogP contribution is -2.47. The summed E-state index contributed by atoms with van der Waals surface area (Å²) in [6.07, 6.45) is -2.16. The number of halogens is 1. The Hall–Kier alpha value is -3.01. The molecule has 1 saturated heterocycles. The smallest absolute Gasteiger partial charge is 0.410 e. The van der Waals surface area contributed by atoms with Gasteiger partial charge < -0.3 is 34.8 Å². The fraction of sp³-hybridized carbons (Fsp3) is 0.625. The third-order valence-electron chi connectivity index (χ3n) is 5.56. The van der Waals surface area contributed by atoms with Gasteiger partial charge in [0.15, 0.2) is 22.0 Å². The number of likely N-dealkylation sites (N-methyl/N-ethyl adjacent to an activating group) is 1. The van der Waals surface area contributed by atoms with Gasteiger partial charge in [-0.2, -0.15) is 0 Å². The Kier molecular flexibility index (Phi) is 12.6. The van der Waals surface area contributed by atoms with E-state index in [0.29, 0.717) is 38.0 Å². The molecule has 1 aromatic carbocycles. The Morgan fingerprint density at radius 1 is 1.10 bits per heavy atom. The van der Waals surface area contributed by atoms with Crippen molar-refractivity contribution in [2.75, 3.05) is 39.5 Å². The summed E-state index contributed by atoms with van der Waals surface area (Å²) in [5, 5.41) is 32.5. The standard InChI is InChI=1S/C20H31FN2O5S.C4H6O6/c1-20(2,3)28-19(24)23-10-8-15(9-11-23)22(4)12-13-27-16-6-7-18(17(21)14-16)29(5,25)26;5-1(3(7)8)2(6)4(9)10/h6-7,14-15H,8-13H2,1-5H3;1-2,5-6H,(H,7,8)(H,9,10). The molecule has 1 aliphatic rings. The zero-order chi connectivity index (χ0) is 30.1. The van der Waals surface area contributed by atoms with Gasteiger partial charge in [-0.25, -0.2) is 27.2 Å². The van der Waals surface area contributed by atoms with Crippen molar-refractivity contribution < 1.29 is 57.1 Å². The molecule has 4 N–H and O–H groups in total. The SMILES string of the molecule is CN(CCOc1ccc(S(C)(=O)=O)c(F)c1)C1CCN(C(=O)OC(C)(C)C)CC1.O=C(O)C(O)C(O)C(=O)O. The van der Waals surface area contributed by atoms with Crippen molar-refractivity contribution in [1.29, 1.82) is 0 Å². The molecule has 0 radical (unpaired) electrons. The first-order valence-corrected chi connectivity index (χ1v) is 13.8. The maximum absolute atomic E-state index is 13.9. The Bertz CT molecular complexity index is 1080. The Morgan fingerprint density at radius 2 is 1.62 bits per heavy atom. The van der Waals surface area contributed by atoms with Gasteiger partial charge in [0.2, 0.25) is 0 Å². The molecule has 2 unspecified atom stereocenters. The van der Waals surface area contributed by atoms with Crippen LogP contribution >= 0.6 is 0 Å². The monoisotopic (exact) mass is 580 g/mol. The van der Waals surface area contributed by atoms with Gasteiger partial charge in [0.05, 0.1) is 0 Å². The van der Waals surface area contributed by atoms with Gasteiger partial charge in [-0.05, 0) is 52.8 Å². The van der Waals surface area contributed by atoms with Crippen molar-refractivity contribution in [3.8, 4) is 5.75 Å². The Labute approximate surface area is 226 Å². The second-order valence-electron chi connectivity index (χ2n) is 9.96. The summed E-state index contributed by atoms with van der Waals surface area (Å²) in [5.74, 6) is -4.05. The fourth-order valence-electron chi connectivity index (χ4n) is 3.45. The number of carbonyl (C=O) groups is 3. The van der Waals surface area contributed by atoms with Crippen LogP contribution in [0.2, 0.25) is 0 Å². The number of hydrogen-bond acceptors (Lipinski definition) is 10. The molecule has 0 aliphatic carbocycles. The molecule has 15 heteroatoms. The summed E-state index contributed by atoms with van der Waals surface area (Å²) >= 11 is 0. The van der Waals surface area contributed by atoms with E-state index in [1.165, 1.54) is 12.1 Å². The number of nitrogens with zero attached hydrogens (tertiary/aromatic N) is 2. The van der Waals surface area contributed by atoms with Crippen molar-refractivity contribution in [2.24, 2.45) is 0 Å². The van der Waals surface area contributed by atoms with Crippen LogP contribution in [0.1, 0.15) is 33.6 Å². The number of aliphatic hydroxyl groups excluding tert-OH is 2. The number of ether oxygens (including phenoxy) is 2. The number of rotatable bonds is 9. The van der Waals surface area contributed by atoms with Crippen LogP contribution in [0.5, 0.6) is 5.75 Å². The minimum atomic E-state index is -3.60. The van der Waals surface area contributed by atoms with E-state index in [2.05, 4.69) is 4.90 Å². The largest absolute Gasteiger partial charge is 0.492 e. The van der Waals surface area contributed by atoms with Crippen molar-refractivity contribution in [1.82, 2.24) is 9.80 Å². The first-order valence-electron chi connectivity index (χ1n) is 12.0. The molecule has 1 amide bonds. The number of aliphatic hydroxyl groups is 2. The summed E-state index contributed by atoms with van der Waals surface area (Å²) in [5.41, 5.74) is -0.499. The quantitative estimate of drug-likeness (QED) is 0.322. The van der Waals surface area contributed by atoms with Gasteiger partial charge in [-0.3, -0.25) is 4.90 Å². The van der Waals surface area contributed by atoms with Gasteiger partial charge in [0.25, 0.3) is 0 Å². The van der Waals surface area contributed by atoms with Crippen molar-refractivity contribution >= 4 is 27.9 Å². The summed E-state index contributed by atoms with van der Waals surface area (Å²) in [4.78, 5) is 35.2. The number of sulfone groups is 1. The maximum atomic E-state index is 13.9. The maximum Gasteiger partial charge on any atom is 0.410 e. The molecular formula is C24H37FN2O11S. The number of amides is 1. The molecule has 2 rings (SSSR count). The number of hydrogen-bond donors (Lipinski definition) is 4. The summed E-state index contributed by atoms with van der Waals surface area (Å²) in [7, 11) is -1.60. The minimum absolute atomic E-state index is 0.276. The highest BCUT2D eigenvalue weighted by Crippen LogP contribution is 2.21. The molecule has 0 aromatic heterocycles. The topological polar surface area (TPSA) is 191 Å². The molecule has 39 heavy (non-hydrogen) atoms. The second kappa shape index (κ2) is 14.4. The molecule has 1 aromatic rings. The van der Waals surface area contributed by atoms with Crippen LogP contribution in [0, 0.1) is 5.82 Å². The van der Waals surface area contributed by atoms with Crippen LogP contribution < -0.4 is 4.74 Å². The zero-order valence-electron chi connectivity index (χ0n) is 22.5. The molecule has 1 heterocycles. The van der Waals surface area contributed by atoms with Crippen LogP contribution in [0.4, 0.5) is 9.18 Å². The lowest BCUT2D eigenvalue weighted by Gasteiger charge is -2.37. The van der Waals surface area contributed by atoms with Gasteiger partial charge in [-0.1, -0.05) is 0 Å². The molecule has 0 bridgehead atoms. The highest BCUT2D eigenvalue weighted by Gasteiger charge is 2.30. The molecule has 0 spiro atoms. The zero-order valence-corrected chi connectivity index (χ0v) is 23.4. The molecule has 1 aliphatic heterocycles. The lowest BCUT2D eigenvalue weighted by molar-refractivity contribution is -0.165. The normalized spacial score (nSPS) is 16.1. The predicted octanol–water partition coefficient (Wildman–Crippen LogP) is 0.817. The molecule has 13 nitrogen and oxygen atoms in total. The highest BCUT2D eigenvalue weighted by molar-refractivity contribution is 7.90. The van der Waals surface area contributed by atoms with Crippen molar-refractivity contribution in [2.45, 2.75) is 62.4 Å². The van der Waals surface area contributed by atoms with E-state index in [4.69, 9.17) is 29.9 Å². The fourth-order valence-corrected chi connectivity index (χ4v) is 4.18. The third kappa shape index (κ3) is 11.7. The molecule has 1 fully saturated rings. The van der Waals surface area contributed by atoms with Crippen molar-refractivity contribution in [3.63, 3.8) is 0 Å². The number of carboxylic acid groups (broad SMARTS) is 2. The van der Waals surface area contributed by atoms with Gasteiger partial charge in [0, 0.05) is 38.0 Å². The molecular weight excluding hydrogens is 543 g/mol. The first-order chi connectivity index (χ1) is 17.8.